The van der Waals surface area contributed by atoms with Crippen molar-refractivity contribution >= 4 is 39.8 Å². The van der Waals surface area contributed by atoms with Crippen molar-refractivity contribution < 1.29 is 63.4 Å². The van der Waals surface area contributed by atoms with Crippen LogP contribution in [-0.2, 0) is 43.2 Å². The van der Waals surface area contributed by atoms with Crippen molar-refractivity contribution in [1.29, 1.82) is 0 Å². The first-order valence-corrected chi connectivity index (χ1v) is 26.5. The van der Waals surface area contributed by atoms with Gasteiger partial charge < -0.3 is 54.7 Å². The number of guanidine groups is 1. The summed E-state index contributed by atoms with van der Waals surface area (Å²) < 4.78 is 73.6. The molecular formula is C42H75N13O13S2. The van der Waals surface area contributed by atoms with Gasteiger partial charge in [0.15, 0.2) is 5.96 Å². The van der Waals surface area contributed by atoms with Gasteiger partial charge in [-0.05, 0) is 58.3 Å². The molecule has 26 nitrogen and oxygen atoms in total. The first kappa shape index (κ1) is 58.0. The number of hydrogen-bond acceptors (Lipinski definition) is 18. The van der Waals surface area contributed by atoms with Gasteiger partial charge in [0.2, 0.25) is 34.0 Å². The van der Waals surface area contributed by atoms with E-state index in [1.807, 2.05) is 0 Å². The molecule has 70 heavy (non-hydrogen) atoms. The number of nitrogens with two attached hydrogens (primary N) is 2. The minimum Gasteiger partial charge on any atom is -0.724 e. The Labute approximate surface area is 413 Å². The summed E-state index contributed by atoms with van der Waals surface area (Å²) in [5, 5.41) is 39.9. The minimum absolute atomic E-state index is 0.000362. The molecule has 398 valence electrons. The van der Waals surface area contributed by atoms with Gasteiger partial charge in [0.25, 0.3) is 0 Å². The van der Waals surface area contributed by atoms with E-state index in [4.69, 9.17) is 24.9 Å². The number of carbonyl (C=O) groups is 2. The highest BCUT2D eigenvalue weighted by Gasteiger charge is 2.50. The highest BCUT2D eigenvalue weighted by molar-refractivity contribution is 7.80. The summed E-state index contributed by atoms with van der Waals surface area (Å²) in [5.41, 5.74) is 11.1. The molecule has 6 rings (SSSR count). The molecule has 2 aromatic heterocycles. The standard InChI is InChI=1S/C16H36N.C14H21N5O7S.C12H19N7O6S/c1-5-9-13-17(14-10-6-2,15-11-7-3)16-12-8-4;1-8(2)15-6-10(20)5-12-16-17-13(25-12)11-4-3-9-7-18(11)14(21)19(9)26-27(22,23)24;13-11(14)15-4-7(20)3-9-16-17-10(24-9)8-2-1-6-5-18(8)12(21)19(6)25-26(22)23/h5-16H2,1-4H3;9-11,15,20H,1,3-7H2,2H3,(H,22,23,24);6-8,20H,1-5H2,(H,22,23)(H4,13,14,15)/q+1;;/p-1/t;9-,10?,11+;6-,7?,8+/m.11/s1. The number of hydroxylamine groups is 4. The van der Waals surface area contributed by atoms with E-state index in [-0.39, 0.29) is 68.0 Å². The molecule has 0 aromatic carbocycles. The first-order chi connectivity index (χ1) is 33.2. The van der Waals surface area contributed by atoms with Crippen LogP contribution in [0.2, 0.25) is 0 Å². The molecule has 4 amide bonds. The summed E-state index contributed by atoms with van der Waals surface area (Å²) in [7, 11) is -5.05. The summed E-state index contributed by atoms with van der Waals surface area (Å²) in [6, 6.07) is -3.13. The average Bonchev–Trinajstić information content (AvgIpc) is 4.08. The van der Waals surface area contributed by atoms with Gasteiger partial charge >= 0.3 is 23.4 Å². The van der Waals surface area contributed by atoms with E-state index in [1.54, 1.807) is 6.92 Å². The van der Waals surface area contributed by atoms with E-state index < -0.39 is 64.2 Å². The number of rotatable bonds is 27. The van der Waals surface area contributed by atoms with E-state index in [1.165, 1.54) is 91.8 Å². The van der Waals surface area contributed by atoms with Crippen LogP contribution in [0.4, 0.5) is 9.59 Å². The third-order valence-electron chi connectivity index (χ3n) is 12.4. The number of aliphatic imine (C=N–C) groups is 1. The van der Waals surface area contributed by atoms with Gasteiger partial charge in [0.1, 0.15) is 12.1 Å². The van der Waals surface area contributed by atoms with E-state index >= 15 is 0 Å². The monoisotopic (exact) mass is 1030 g/mol. The Kier molecular flexibility index (Phi) is 23.1. The smallest absolute Gasteiger partial charge is 0.346 e. The van der Waals surface area contributed by atoms with Gasteiger partial charge in [-0.25, -0.2) is 18.0 Å². The quantitative estimate of drug-likeness (QED) is 0.0187. The summed E-state index contributed by atoms with van der Waals surface area (Å²) in [6.45, 7) is 21.2. The van der Waals surface area contributed by atoms with Crippen LogP contribution in [0.5, 0.6) is 0 Å². The van der Waals surface area contributed by atoms with Gasteiger partial charge in [0.05, 0.1) is 69.9 Å². The fourth-order valence-electron chi connectivity index (χ4n) is 8.80. The normalized spacial score (nSPS) is 21.2. The highest BCUT2D eigenvalue weighted by Crippen LogP contribution is 2.39. The van der Waals surface area contributed by atoms with Crippen molar-refractivity contribution in [3.05, 3.63) is 35.8 Å². The zero-order valence-electron chi connectivity index (χ0n) is 41.1. The van der Waals surface area contributed by atoms with E-state index in [2.05, 4.69) is 73.5 Å². The summed E-state index contributed by atoms with van der Waals surface area (Å²) >= 11 is -2.58. The molecule has 4 fully saturated rings. The summed E-state index contributed by atoms with van der Waals surface area (Å²) in [4.78, 5) is 31.2. The molecule has 0 saturated carbocycles. The number of piperidine rings is 2. The Morgan fingerprint density at radius 3 is 1.69 bits per heavy atom. The van der Waals surface area contributed by atoms with Crippen LogP contribution < -0.4 is 16.8 Å². The lowest BCUT2D eigenvalue weighted by atomic mass is 10.0. The SMILES string of the molecule is C=C(C)NCC(O)Cc1nnc([C@@H]2CC[C@@H]3CN2C(=O)N3OS(=O)(=O)[O-])o1.CCCC[N+](CCCC)(CCCC)CCCC.NC(N)=NCC(O)Cc1nnc([C@@H]2CC[C@@H]3CN2C(=O)N3OS(=O)O)o1. The van der Waals surface area contributed by atoms with Crippen molar-refractivity contribution in [2.75, 3.05) is 52.4 Å². The molecule has 7 atom stereocenters. The van der Waals surface area contributed by atoms with Crippen molar-refractivity contribution in [3.63, 3.8) is 0 Å². The first-order valence-electron chi connectivity index (χ1n) is 24.2. The van der Waals surface area contributed by atoms with Gasteiger partial charge in [-0.3, -0.25) is 9.55 Å². The Balaban J connectivity index is 0.000000235. The fourth-order valence-corrected chi connectivity index (χ4v) is 9.50. The van der Waals surface area contributed by atoms with Crippen molar-refractivity contribution in [2.24, 2.45) is 16.5 Å². The maximum atomic E-state index is 12.4. The molecule has 4 aliphatic rings. The highest BCUT2D eigenvalue weighted by atomic mass is 32.3. The third kappa shape index (κ3) is 17.6. The second-order valence-electron chi connectivity index (χ2n) is 18.2. The number of nitrogens with one attached hydrogen (secondary N) is 1. The van der Waals surface area contributed by atoms with Gasteiger partial charge in [0, 0.05) is 25.3 Å². The molecule has 4 saturated heterocycles. The predicted octanol–water partition coefficient (Wildman–Crippen LogP) is 2.69. The lowest BCUT2D eigenvalue weighted by Crippen LogP contribution is -2.50. The second kappa shape index (κ2) is 27.9. The number of carbonyl (C=O) groups excluding carboxylic acids is 2. The number of hydrogen-bond donors (Lipinski definition) is 6. The van der Waals surface area contributed by atoms with E-state index in [0.29, 0.717) is 37.3 Å². The van der Waals surface area contributed by atoms with Crippen molar-refractivity contribution in [1.82, 2.24) is 45.6 Å². The van der Waals surface area contributed by atoms with Crippen LogP contribution in [0.1, 0.15) is 147 Å². The Bertz CT molecular complexity index is 2090. The molecule has 6 heterocycles. The molecule has 2 aromatic rings. The number of quaternary nitrogens is 1. The average molecular weight is 1030 g/mol. The predicted molar refractivity (Wildman–Crippen MR) is 253 cm³/mol. The summed E-state index contributed by atoms with van der Waals surface area (Å²) in [5.74, 6) is 0.688. The molecule has 0 radical (unpaired) electrons. The number of aliphatic hydroxyl groups is 2. The second-order valence-corrected chi connectivity index (χ2v) is 19.7. The molecule has 0 aliphatic carbocycles. The van der Waals surface area contributed by atoms with E-state index in [9.17, 15) is 37.0 Å². The summed E-state index contributed by atoms with van der Waals surface area (Å²) in [6.07, 6.45) is 11.5. The van der Waals surface area contributed by atoms with Crippen LogP contribution in [0.3, 0.4) is 0 Å². The number of unbranched alkanes of at least 4 members (excludes halogenated alkanes) is 4. The zero-order chi connectivity index (χ0) is 51.6. The largest absolute Gasteiger partial charge is 0.724 e. The van der Waals surface area contributed by atoms with Crippen molar-refractivity contribution in [3.8, 4) is 0 Å². The number of amides is 4. The Morgan fingerprint density at radius 1 is 0.829 bits per heavy atom. The number of fused-ring (bicyclic) bond motifs is 4. The Hall–Kier alpha value is -4.55. The van der Waals surface area contributed by atoms with Crippen molar-refractivity contribution in [2.45, 2.75) is 161 Å². The molecule has 0 spiro atoms. The van der Waals surface area contributed by atoms with Crippen LogP contribution in [0, 0.1) is 0 Å². The van der Waals surface area contributed by atoms with Crippen LogP contribution in [0.25, 0.3) is 0 Å². The lowest BCUT2D eigenvalue weighted by molar-refractivity contribution is -0.929. The van der Waals surface area contributed by atoms with Gasteiger partial charge in [-0.1, -0.05) is 60.0 Å². The van der Waals surface area contributed by atoms with Gasteiger partial charge in [-0.15, -0.1) is 24.7 Å². The van der Waals surface area contributed by atoms with Crippen LogP contribution >= 0.6 is 0 Å². The van der Waals surface area contributed by atoms with Crippen LogP contribution in [-0.4, -0.2) is 171 Å². The fraction of sp³-hybridized carbons (Fsp3) is 0.786. The lowest BCUT2D eigenvalue weighted by Gasteiger charge is -2.39. The number of urea groups is 2. The number of allylic oxidation sites excluding steroid dienone is 1. The topological polar surface area (TPSA) is 355 Å². The molecular weight excluding hydrogens is 959 g/mol. The number of aliphatic hydroxyl groups excluding tert-OH is 2. The third-order valence-corrected chi connectivity index (χ3v) is 13.0. The van der Waals surface area contributed by atoms with Gasteiger partial charge in [-0.2, -0.15) is 18.6 Å². The molecule has 28 heteroatoms. The molecule has 4 aliphatic heterocycles. The zero-order valence-corrected chi connectivity index (χ0v) is 42.7. The number of aromatic nitrogens is 4. The molecule has 8 N–H and O–H groups in total. The van der Waals surface area contributed by atoms with E-state index in [0.717, 1.165) is 10.8 Å². The number of nitrogens with zero attached hydrogens (tertiary/aromatic N) is 10. The maximum absolute atomic E-state index is 12.4. The van der Waals surface area contributed by atoms with Crippen LogP contribution in [0.15, 0.2) is 26.1 Å². The Morgan fingerprint density at radius 2 is 1.27 bits per heavy atom. The molecule has 4 bridgehead atoms. The molecule has 3 unspecified atom stereocenters. The minimum atomic E-state index is -5.05. The maximum Gasteiger partial charge on any atom is 0.346 e.